The van der Waals surface area contributed by atoms with E-state index in [-0.39, 0.29) is 11.3 Å². The largest absolute Gasteiger partial charge is 0.489 e. The van der Waals surface area contributed by atoms with Crippen molar-refractivity contribution in [1.29, 1.82) is 0 Å². The van der Waals surface area contributed by atoms with Crippen molar-refractivity contribution in [2.45, 2.75) is 19.6 Å². The Kier molecular flexibility index (Phi) is 6.68. The van der Waals surface area contributed by atoms with Crippen LogP contribution >= 0.6 is 0 Å². The lowest BCUT2D eigenvalue weighted by atomic mass is 10.1. The van der Waals surface area contributed by atoms with E-state index < -0.39 is 18.0 Å². The van der Waals surface area contributed by atoms with Crippen LogP contribution < -0.4 is 15.6 Å². The van der Waals surface area contributed by atoms with E-state index in [1.807, 2.05) is 30.3 Å². The number of nitrogens with zero attached hydrogens (tertiary/aromatic N) is 2. The highest BCUT2D eigenvalue weighted by Crippen LogP contribution is 2.18. The Morgan fingerprint density at radius 1 is 0.941 bits per heavy atom. The molecular weight excluding hydrogens is 434 g/mol. The van der Waals surface area contributed by atoms with Gasteiger partial charge in [0.15, 0.2) is 11.8 Å². The van der Waals surface area contributed by atoms with Crippen LogP contribution in [0.25, 0.3) is 10.8 Å². The molecule has 1 heterocycles. The van der Waals surface area contributed by atoms with E-state index in [4.69, 9.17) is 9.47 Å². The summed E-state index contributed by atoms with van der Waals surface area (Å²) in [7, 11) is 1.45. The van der Waals surface area contributed by atoms with E-state index in [2.05, 4.69) is 10.4 Å². The number of nitrogens with one attached hydrogen (secondary N) is 1. The van der Waals surface area contributed by atoms with Crippen LogP contribution in [0.15, 0.2) is 83.7 Å². The lowest BCUT2D eigenvalue weighted by molar-refractivity contribution is -0.123. The number of carbonyl (C=O) groups excluding carboxylic acids is 2. The molecule has 1 aromatic heterocycles. The third-order valence-electron chi connectivity index (χ3n) is 5.17. The molecule has 0 radical (unpaired) electrons. The Morgan fingerprint density at radius 2 is 1.59 bits per heavy atom. The van der Waals surface area contributed by atoms with E-state index >= 15 is 0 Å². The van der Waals surface area contributed by atoms with Crippen LogP contribution in [0.1, 0.15) is 23.0 Å². The van der Waals surface area contributed by atoms with Crippen molar-refractivity contribution in [3.63, 3.8) is 0 Å². The molecule has 1 unspecified atom stereocenters. The highest BCUT2D eigenvalue weighted by Gasteiger charge is 2.23. The molecule has 0 saturated carbocycles. The van der Waals surface area contributed by atoms with Crippen LogP contribution in [0.5, 0.6) is 5.75 Å². The molecule has 0 spiro atoms. The van der Waals surface area contributed by atoms with E-state index in [9.17, 15) is 14.4 Å². The predicted molar refractivity (Wildman–Crippen MR) is 128 cm³/mol. The van der Waals surface area contributed by atoms with E-state index in [0.717, 1.165) is 10.2 Å². The zero-order valence-electron chi connectivity index (χ0n) is 18.7. The second-order valence-electron chi connectivity index (χ2n) is 7.66. The molecule has 172 valence electrons. The van der Waals surface area contributed by atoms with Crippen LogP contribution in [-0.4, -0.2) is 27.8 Å². The summed E-state index contributed by atoms with van der Waals surface area (Å²) >= 11 is 0. The Hall–Kier alpha value is -4.46. The second-order valence-corrected chi connectivity index (χ2v) is 7.66. The van der Waals surface area contributed by atoms with Gasteiger partial charge in [0.25, 0.3) is 11.5 Å². The lowest BCUT2D eigenvalue weighted by Crippen LogP contribution is -2.31. The molecule has 0 aliphatic carbocycles. The van der Waals surface area contributed by atoms with Crippen molar-refractivity contribution in [1.82, 2.24) is 9.78 Å². The van der Waals surface area contributed by atoms with Gasteiger partial charge in [0.1, 0.15) is 12.4 Å². The fourth-order valence-corrected chi connectivity index (χ4v) is 3.34. The first-order chi connectivity index (χ1) is 16.4. The van der Waals surface area contributed by atoms with Gasteiger partial charge in [0.2, 0.25) is 0 Å². The molecule has 0 aliphatic heterocycles. The molecule has 8 heteroatoms. The lowest BCUT2D eigenvalue weighted by Gasteiger charge is -2.14. The number of carbonyl (C=O) groups is 2. The molecule has 34 heavy (non-hydrogen) atoms. The number of benzene rings is 3. The summed E-state index contributed by atoms with van der Waals surface area (Å²) < 4.78 is 12.1. The minimum Gasteiger partial charge on any atom is -0.489 e. The van der Waals surface area contributed by atoms with Gasteiger partial charge in [-0.1, -0.05) is 48.5 Å². The van der Waals surface area contributed by atoms with Crippen LogP contribution in [0.3, 0.4) is 0 Å². The first-order valence-corrected chi connectivity index (χ1v) is 10.7. The number of aryl methyl sites for hydroxylation is 1. The Morgan fingerprint density at radius 3 is 2.29 bits per heavy atom. The zero-order valence-corrected chi connectivity index (χ0v) is 18.7. The van der Waals surface area contributed by atoms with Gasteiger partial charge in [0.05, 0.1) is 5.39 Å². The molecule has 0 bridgehead atoms. The van der Waals surface area contributed by atoms with Gasteiger partial charge >= 0.3 is 5.97 Å². The molecule has 4 rings (SSSR count). The molecule has 0 fully saturated rings. The number of anilines is 1. The van der Waals surface area contributed by atoms with Gasteiger partial charge < -0.3 is 14.8 Å². The average Bonchev–Trinajstić information content (AvgIpc) is 2.86. The number of ether oxygens (including phenoxy) is 2. The summed E-state index contributed by atoms with van der Waals surface area (Å²) in [5.41, 5.74) is 1.23. The maximum absolute atomic E-state index is 12.7. The summed E-state index contributed by atoms with van der Waals surface area (Å²) in [5, 5.41) is 7.46. The number of fused-ring (bicyclic) bond motifs is 1. The van der Waals surface area contributed by atoms with Crippen LogP contribution in [-0.2, 0) is 23.2 Å². The summed E-state index contributed by atoms with van der Waals surface area (Å²) in [6, 6.07) is 23.3. The van der Waals surface area contributed by atoms with Crippen molar-refractivity contribution < 1.29 is 19.1 Å². The second kappa shape index (κ2) is 9.99. The highest BCUT2D eigenvalue weighted by molar-refractivity contribution is 6.03. The molecular formula is C26H23N3O5. The van der Waals surface area contributed by atoms with Crippen molar-refractivity contribution in [3.05, 3.63) is 100 Å². The van der Waals surface area contributed by atoms with Crippen molar-refractivity contribution in [3.8, 4) is 5.75 Å². The molecule has 8 nitrogen and oxygen atoms in total. The third-order valence-corrected chi connectivity index (χ3v) is 5.17. The molecule has 1 atom stereocenters. The van der Waals surface area contributed by atoms with Gasteiger partial charge in [-0.2, -0.15) is 5.10 Å². The van der Waals surface area contributed by atoms with Crippen LogP contribution in [0.2, 0.25) is 0 Å². The number of rotatable bonds is 7. The van der Waals surface area contributed by atoms with E-state index in [0.29, 0.717) is 28.8 Å². The van der Waals surface area contributed by atoms with Gasteiger partial charge in [-0.3, -0.25) is 9.59 Å². The third kappa shape index (κ3) is 5.12. The summed E-state index contributed by atoms with van der Waals surface area (Å²) in [6.07, 6.45) is -1.08. The number of aromatic nitrogens is 2. The monoisotopic (exact) mass is 457 g/mol. The molecule has 1 N–H and O–H groups in total. The summed E-state index contributed by atoms with van der Waals surface area (Å²) in [5.74, 6) is -0.631. The Labute approximate surface area is 195 Å². The van der Waals surface area contributed by atoms with E-state index in [1.54, 1.807) is 48.5 Å². The standard InChI is InChI=1S/C26H23N3O5/c1-17(34-26(32)23-21-10-6-7-11-22(21)25(31)29(2)28-23)24(30)27-19-12-14-20(15-13-19)33-16-18-8-4-3-5-9-18/h3-15,17H,16H2,1-2H3,(H,27,30). The molecule has 4 aromatic rings. The maximum atomic E-state index is 12.7. The normalized spacial score (nSPS) is 11.6. The Balaban J connectivity index is 1.38. The van der Waals surface area contributed by atoms with Crippen molar-refractivity contribution in [2.75, 3.05) is 5.32 Å². The number of esters is 1. The molecule has 0 saturated heterocycles. The average molecular weight is 457 g/mol. The molecule has 1 amide bonds. The topological polar surface area (TPSA) is 99.5 Å². The fourth-order valence-electron chi connectivity index (χ4n) is 3.34. The number of hydrogen-bond donors (Lipinski definition) is 1. The fraction of sp³-hybridized carbons (Fsp3) is 0.154. The minimum absolute atomic E-state index is 0.0303. The van der Waals surface area contributed by atoms with Crippen LogP contribution in [0.4, 0.5) is 5.69 Å². The van der Waals surface area contributed by atoms with Gasteiger partial charge in [0, 0.05) is 18.1 Å². The first kappa shape index (κ1) is 22.7. The smallest absolute Gasteiger partial charge is 0.360 e. The molecule has 3 aromatic carbocycles. The summed E-state index contributed by atoms with van der Waals surface area (Å²) in [4.78, 5) is 37.5. The highest BCUT2D eigenvalue weighted by atomic mass is 16.5. The minimum atomic E-state index is -1.08. The maximum Gasteiger partial charge on any atom is 0.360 e. The first-order valence-electron chi connectivity index (χ1n) is 10.7. The summed E-state index contributed by atoms with van der Waals surface area (Å²) in [6.45, 7) is 1.90. The molecule has 0 aliphatic rings. The van der Waals surface area contributed by atoms with Gasteiger partial charge in [-0.15, -0.1) is 0 Å². The Bertz CT molecular complexity index is 1380. The van der Waals surface area contributed by atoms with Crippen LogP contribution in [0, 0.1) is 0 Å². The van der Waals surface area contributed by atoms with Gasteiger partial charge in [-0.25, -0.2) is 9.48 Å². The van der Waals surface area contributed by atoms with Crippen molar-refractivity contribution in [2.24, 2.45) is 7.05 Å². The number of amides is 1. The predicted octanol–water partition coefficient (Wildman–Crippen LogP) is 3.70. The van der Waals surface area contributed by atoms with E-state index in [1.165, 1.54) is 14.0 Å². The SMILES string of the molecule is CC(OC(=O)c1nn(C)c(=O)c2ccccc12)C(=O)Nc1ccc(OCc2ccccc2)cc1. The van der Waals surface area contributed by atoms with Crippen molar-refractivity contribution >= 4 is 28.3 Å². The number of hydrogen-bond acceptors (Lipinski definition) is 6. The quantitative estimate of drug-likeness (QED) is 0.425. The zero-order chi connectivity index (χ0) is 24.1. The van der Waals surface area contributed by atoms with Gasteiger partial charge in [-0.05, 0) is 42.8 Å².